The van der Waals surface area contributed by atoms with Crippen LogP contribution < -0.4 is 0 Å². The fourth-order valence-corrected chi connectivity index (χ4v) is 3.24. The van der Waals surface area contributed by atoms with Crippen LogP contribution in [0.25, 0.3) is 0 Å². The fourth-order valence-electron chi connectivity index (χ4n) is 3.24. The van der Waals surface area contributed by atoms with Crippen LogP contribution in [0.4, 0.5) is 4.39 Å². The van der Waals surface area contributed by atoms with Crippen LogP contribution in [0.15, 0.2) is 31.0 Å². The maximum absolute atomic E-state index is 13.9. The van der Waals surface area contributed by atoms with Gasteiger partial charge in [0.25, 0.3) is 5.91 Å². The Kier molecular flexibility index (Phi) is 4.89. The molecule has 0 bridgehead atoms. The summed E-state index contributed by atoms with van der Waals surface area (Å²) in [7, 11) is 1.77. The first kappa shape index (κ1) is 16.6. The van der Waals surface area contributed by atoms with Gasteiger partial charge in [-0.05, 0) is 19.4 Å². The molecule has 0 aromatic carbocycles. The minimum atomic E-state index is -0.864. The van der Waals surface area contributed by atoms with Crippen molar-refractivity contribution in [3.8, 4) is 0 Å². The number of hydrogen-bond acceptors (Lipinski definition) is 4. The Hall–Kier alpha value is -2.28. The van der Waals surface area contributed by atoms with Crippen LogP contribution in [0.1, 0.15) is 28.0 Å². The predicted octanol–water partition coefficient (Wildman–Crippen LogP) is 1.80. The van der Waals surface area contributed by atoms with Gasteiger partial charge in [-0.25, -0.2) is 14.4 Å². The van der Waals surface area contributed by atoms with Gasteiger partial charge in [-0.15, -0.1) is 0 Å². The highest BCUT2D eigenvalue weighted by Crippen LogP contribution is 2.23. The average molecular weight is 331 g/mol. The normalized spacial score (nSPS) is 21.1. The molecule has 0 aliphatic carbocycles. The monoisotopic (exact) mass is 331 g/mol. The van der Waals surface area contributed by atoms with Crippen LogP contribution in [0.5, 0.6) is 0 Å². The van der Waals surface area contributed by atoms with Crippen LogP contribution in [0, 0.1) is 6.92 Å². The third-order valence-electron chi connectivity index (χ3n) is 4.49. The Bertz CT molecular complexity index is 689. The van der Waals surface area contributed by atoms with E-state index in [0.29, 0.717) is 31.6 Å². The molecule has 128 valence electrons. The van der Waals surface area contributed by atoms with E-state index in [0.717, 1.165) is 11.3 Å². The van der Waals surface area contributed by atoms with E-state index >= 15 is 0 Å². The zero-order chi connectivity index (χ0) is 17.1. The number of likely N-dealkylation sites (N-methyl/N-ethyl adjacent to an activating group) is 1. The number of aryl methyl sites for hydroxylation is 1. The van der Waals surface area contributed by atoms with Crippen molar-refractivity contribution < 1.29 is 9.18 Å². The zero-order valence-electron chi connectivity index (χ0n) is 13.9. The van der Waals surface area contributed by atoms with Crippen molar-refractivity contribution in [2.75, 3.05) is 20.1 Å². The van der Waals surface area contributed by atoms with Crippen molar-refractivity contribution in [2.45, 2.75) is 32.1 Å². The number of carbonyl (C=O) groups is 1. The molecule has 0 unspecified atom stereocenters. The second kappa shape index (κ2) is 7.09. The Morgan fingerprint density at radius 2 is 2.21 bits per heavy atom. The molecule has 1 N–H and O–H groups in total. The van der Waals surface area contributed by atoms with Crippen molar-refractivity contribution in [3.05, 3.63) is 47.8 Å². The van der Waals surface area contributed by atoms with E-state index in [1.165, 1.54) is 6.33 Å². The van der Waals surface area contributed by atoms with Gasteiger partial charge in [-0.3, -0.25) is 9.69 Å². The standard InChI is InChI=1S/C17H22FN5O/c1-12-16(3-4-21-12)17(24)22(2)10-15-5-14(18)9-23(15)8-13-6-19-11-20-7-13/h3-4,6-7,11,14-15,21H,5,8-10H2,1-2H3/t14-,15-/m0/s1. The number of aromatic nitrogens is 3. The van der Waals surface area contributed by atoms with Crippen molar-refractivity contribution in [1.82, 2.24) is 24.8 Å². The second-order valence-corrected chi connectivity index (χ2v) is 6.36. The Morgan fingerprint density at radius 1 is 1.46 bits per heavy atom. The minimum Gasteiger partial charge on any atom is -0.365 e. The highest BCUT2D eigenvalue weighted by molar-refractivity contribution is 5.95. The van der Waals surface area contributed by atoms with Gasteiger partial charge in [0.15, 0.2) is 0 Å². The number of aromatic amines is 1. The maximum atomic E-state index is 13.9. The molecule has 6 nitrogen and oxygen atoms in total. The number of halogens is 1. The number of amides is 1. The molecule has 24 heavy (non-hydrogen) atoms. The summed E-state index contributed by atoms with van der Waals surface area (Å²) in [6.45, 7) is 3.34. The summed E-state index contributed by atoms with van der Waals surface area (Å²) < 4.78 is 13.9. The third kappa shape index (κ3) is 3.62. The lowest BCUT2D eigenvalue weighted by Crippen LogP contribution is -2.41. The largest absolute Gasteiger partial charge is 0.365 e. The van der Waals surface area contributed by atoms with Crippen molar-refractivity contribution in [3.63, 3.8) is 0 Å². The van der Waals surface area contributed by atoms with Crippen LogP contribution in [-0.2, 0) is 6.54 Å². The molecule has 7 heteroatoms. The molecule has 1 fully saturated rings. The van der Waals surface area contributed by atoms with Crippen LogP contribution >= 0.6 is 0 Å². The van der Waals surface area contributed by atoms with Crippen LogP contribution in [-0.4, -0.2) is 63.0 Å². The smallest absolute Gasteiger partial charge is 0.255 e. The predicted molar refractivity (Wildman–Crippen MR) is 88.2 cm³/mol. The minimum absolute atomic E-state index is 0.00611. The Morgan fingerprint density at radius 3 is 2.88 bits per heavy atom. The van der Waals surface area contributed by atoms with Gasteiger partial charge in [-0.2, -0.15) is 0 Å². The lowest BCUT2D eigenvalue weighted by Gasteiger charge is -2.28. The van der Waals surface area contributed by atoms with E-state index in [1.54, 1.807) is 36.6 Å². The second-order valence-electron chi connectivity index (χ2n) is 6.36. The molecule has 1 aliphatic rings. The number of nitrogens with one attached hydrogen (secondary N) is 1. The first-order valence-corrected chi connectivity index (χ1v) is 8.06. The fraction of sp³-hybridized carbons (Fsp3) is 0.471. The number of likely N-dealkylation sites (tertiary alicyclic amines) is 1. The molecule has 1 saturated heterocycles. The number of nitrogens with zero attached hydrogens (tertiary/aromatic N) is 4. The summed E-state index contributed by atoms with van der Waals surface area (Å²) in [5.74, 6) is -0.0425. The van der Waals surface area contributed by atoms with Crippen LogP contribution in [0.3, 0.4) is 0 Å². The maximum Gasteiger partial charge on any atom is 0.255 e. The molecule has 0 spiro atoms. The molecule has 0 saturated carbocycles. The number of alkyl halides is 1. The first-order valence-electron chi connectivity index (χ1n) is 8.06. The van der Waals surface area contributed by atoms with E-state index in [2.05, 4.69) is 19.9 Å². The molecule has 3 heterocycles. The molecule has 0 radical (unpaired) electrons. The molecule has 2 aromatic heterocycles. The topological polar surface area (TPSA) is 65.1 Å². The first-order chi connectivity index (χ1) is 11.5. The van der Waals surface area contributed by atoms with Gasteiger partial charge in [-0.1, -0.05) is 0 Å². The van der Waals surface area contributed by atoms with Gasteiger partial charge < -0.3 is 9.88 Å². The van der Waals surface area contributed by atoms with E-state index < -0.39 is 6.17 Å². The zero-order valence-corrected chi connectivity index (χ0v) is 13.9. The van der Waals surface area contributed by atoms with Gasteiger partial charge in [0.2, 0.25) is 0 Å². The molecule has 3 rings (SSSR count). The van der Waals surface area contributed by atoms with Crippen molar-refractivity contribution in [1.29, 1.82) is 0 Å². The van der Waals surface area contributed by atoms with Gasteiger partial charge >= 0.3 is 0 Å². The lowest BCUT2D eigenvalue weighted by atomic mass is 10.1. The number of carbonyl (C=O) groups excluding carboxylic acids is 1. The number of H-pyrrole nitrogens is 1. The van der Waals surface area contributed by atoms with Crippen molar-refractivity contribution >= 4 is 5.91 Å². The number of hydrogen-bond donors (Lipinski definition) is 1. The quantitative estimate of drug-likeness (QED) is 0.907. The highest BCUT2D eigenvalue weighted by Gasteiger charge is 2.33. The summed E-state index contributed by atoms with van der Waals surface area (Å²) in [6.07, 6.45) is 6.30. The van der Waals surface area contributed by atoms with Gasteiger partial charge in [0.05, 0.1) is 5.56 Å². The van der Waals surface area contributed by atoms with E-state index in [1.807, 2.05) is 6.92 Å². The van der Waals surface area contributed by atoms with E-state index in [-0.39, 0.29) is 11.9 Å². The molecule has 2 atom stereocenters. The summed E-state index contributed by atoms with van der Waals surface area (Å²) in [5, 5.41) is 0. The van der Waals surface area contributed by atoms with E-state index in [4.69, 9.17) is 0 Å². The summed E-state index contributed by atoms with van der Waals surface area (Å²) in [4.78, 5) is 27.3. The van der Waals surface area contributed by atoms with Gasteiger partial charge in [0.1, 0.15) is 12.5 Å². The summed E-state index contributed by atoms with van der Waals surface area (Å²) in [6, 6.07) is 1.77. The lowest BCUT2D eigenvalue weighted by molar-refractivity contribution is 0.0749. The van der Waals surface area contributed by atoms with Crippen molar-refractivity contribution in [2.24, 2.45) is 0 Å². The molecule has 1 amide bonds. The third-order valence-corrected chi connectivity index (χ3v) is 4.49. The average Bonchev–Trinajstić information content (AvgIpc) is 3.13. The molecular weight excluding hydrogens is 309 g/mol. The van der Waals surface area contributed by atoms with Crippen LogP contribution in [0.2, 0.25) is 0 Å². The Balaban J connectivity index is 1.66. The highest BCUT2D eigenvalue weighted by atomic mass is 19.1. The summed E-state index contributed by atoms with van der Waals surface area (Å²) >= 11 is 0. The van der Waals surface area contributed by atoms with Gasteiger partial charge in [0, 0.05) is 62.6 Å². The number of rotatable bonds is 5. The molecule has 2 aromatic rings. The molecular formula is C17H22FN5O. The summed E-state index contributed by atoms with van der Waals surface area (Å²) in [5.41, 5.74) is 2.46. The SMILES string of the molecule is Cc1[nH]ccc1C(=O)N(C)C[C@@H]1C[C@H](F)CN1Cc1cncnc1. The Labute approximate surface area is 140 Å². The van der Waals surface area contributed by atoms with E-state index in [9.17, 15) is 9.18 Å². The molecule has 1 aliphatic heterocycles.